The standard InChI is InChI=1S/C15H28N4O/c1-10-6-5-7-18(12(10)3)8-14(20)9-19-13(4)15(16)11(2)17-19/h10,12,14,20H,5-9,16H2,1-4H3. The topological polar surface area (TPSA) is 67.3 Å². The number of aliphatic hydroxyl groups excluding tert-OH is 1. The molecule has 1 aliphatic heterocycles. The summed E-state index contributed by atoms with van der Waals surface area (Å²) in [4.78, 5) is 2.40. The maximum absolute atomic E-state index is 10.3. The molecule has 0 amide bonds. The van der Waals surface area contributed by atoms with Gasteiger partial charge in [-0.2, -0.15) is 5.10 Å². The van der Waals surface area contributed by atoms with Crippen molar-refractivity contribution in [3.8, 4) is 0 Å². The van der Waals surface area contributed by atoms with Gasteiger partial charge in [0.2, 0.25) is 0 Å². The molecule has 1 aromatic rings. The SMILES string of the molecule is Cc1nn(CC(O)CN2CCCC(C)C2C)c(C)c1N. The summed E-state index contributed by atoms with van der Waals surface area (Å²) in [5, 5.41) is 14.7. The Bertz CT molecular complexity index is 457. The molecule has 20 heavy (non-hydrogen) atoms. The number of aryl methyl sites for hydroxylation is 1. The third-order valence-corrected chi connectivity index (χ3v) is 4.77. The van der Waals surface area contributed by atoms with Crippen molar-refractivity contribution in [1.29, 1.82) is 0 Å². The third-order valence-electron chi connectivity index (χ3n) is 4.77. The molecule has 0 aromatic carbocycles. The van der Waals surface area contributed by atoms with E-state index in [4.69, 9.17) is 5.73 Å². The summed E-state index contributed by atoms with van der Waals surface area (Å²) in [5.74, 6) is 0.709. The molecule has 0 spiro atoms. The van der Waals surface area contributed by atoms with Crippen LogP contribution in [0.3, 0.4) is 0 Å². The zero-order valence-electron chi connectivity index (χ0n) is 13.1. The molecule has 0 aliphatic carbocycles. The van der Waals surface area contributed by atoms with E-state index < -0.39 is 6.10 Å². The lowest BCUT2D eigenvalue weighted by Crippen LogP contribution is -2.46. The number of anilines is 1. The number of aliphatic hydroxyl groups is 1. The molecule has 2 rings (SSSR count). The van der Waals surface area contributed by atoms with Gasteiger partial charge in [-0.3, -0.25) is 9.58 Å². The number of hydrogen-bond acceptors (Lipinski definition) is 4. The quantitative estimate of drug-likeness (QED) is 0.878. The van der Waals surface area contributed by atoms with E-state index in [0.29, 0.717) is 25.0 Å². The Balaban J connectivity index is 1.95. The van der Waals surface area contributed by atoms with Crippen molar-refractivity contribution in [1.82, 2.24) is 14.7 Å². The number of nitrogens with zero attached hydrogens (tertiary/aromatic N) is 3. The zero-order valence-corrected chi connectivity index (χ0v) is 13.1. The predicted octanol–water partition coefficient (Wildman–Crippen LogP) is 1.56. The van der Waals surface area contributed by atoms with Crippen LogP contribution in [0.2, 0.25) is 0 Å². The second-order valence-corrected chi connectivity index (χ2v) is 6.28. The number of likely N-dealkylation sites (tertiary alicyclic amines) is 1. The lowest BCUT2D eigenvalue weighted by Gasteiger charge is -2.38. The number of piperidine rings is 1. The van der Waals surface area contributed by atoms with E-state index in [0.717, 1.165) is 23.6 Å². The van der Waals surface area contributed by atoms with Crippen LogP contribution in [0, 0.1) is 19.8 Å². The molecule has 3 atom stereocenters. The number of β-amino-alcohol motifs (C(OH)–C–C–N with tert-alkyl or cyclic N) is 1. The molecule has 5 nitrogen and oxygen atoms in total. The molecular weight excluding hydrogens is 252 g/mol. The molecule has 1 fully saturated rings. The first-order valence-electron chi connectivity index (χ1n) is 7.61. The minimum atomic E-state index is -0.403. The van der Waals surface area contributed by atoms with Crippen LogP contribution < -0.4 is 5.73 Å². The van der Waals surface area contributed by atoms with E-state index in [1.54, 1.807) is 0 Å². The molecule has 0 saturated carbocycles. The van der Waals surface area contributed by atoms with Crippen LogP contribution in [-0.2, 0) is 6.54 Å². The Hall–Kier alpha value is -1.07. The highest BCUT2D eigenvalue weighted by atomic mass is 16.3. The number of nitrogens with two attached hydrogens (primary N) is 1. The molecule has 114 valence electrons. The van der Waals surface area contributed by atoms with E-state index >= 15 is 0 Å². The van der Waals surface area contributed by atoms with Crippen molar-refractivity contribution in [3.63, 3.8) is 0 Å². The van der Waals surface area contributed by atoms with Gasteiger partial charge in [-0.15, -0.1) is 0 Å². The minimum absolute atomic E-state index is 0.403. The van der Waals surface area contributed by atoms with Crippen LogP contribution in [0.5, 0.6) is 0 Å². The number of rotatable bonds is 4. The summed E-state index contributed by atoms with van der Waals surface area (Å²) in [6.45, 7) is 10.7. The van der Waals surface area contributed by atoms with Gasteiger partial charge >= 0.3 is 0 Å². The number of hydrogen-bond donors (Lipinski definition) is 2. The maximum Gasteiger partial charge on any atom is 0.0862 e. The third kappa shape index (κ3) is 3.15. The second kappa shape index (κ2) is 6.14. The predicted molar refractivity (Wildman–Crippen MR) is 81.6 cm³/mol. The average Bonchev–Trinajstić information content (AvgIpc) is 2.63. The van der Waals surface area contributed by atoms with Crippen molar-refractivity contribution >= 4 is 5.69 Å². The van der Waals surface area contributed by atoms with Crippen molar-refractivity contribution in [2.24, 2.45) is 5.92 Å². The highest BCUT2D eigenvalue weighted by Crippen LogP contribution is 2.23. The van der Waals surface area contributed by atoms with Crippen LogP contribution >= 0.6 is 0 Å². The number of aromatic nitrogens is 2. The summed E-state index contributed by atoms with van der Waals surface area (Å²) < 4.78 is 1.83. The lowest BCUT2D eigenvalue weighted by atomic mass is 9.92. The lowest BCUT2D eigenvalue weighted by molar-refractivity contribution is 0.0425. The molecule has 2 heterocycles. The van der Waals surface area contributed by atoms with Gasteiger partial charge < -0.3 is 10.8 Å². The average molecular weight is 280 g/mol. The van der Waals surface area contributed by atoms with Gasteiger partial charge in [-0.05, 0) is 46.1 Å². The van der Waals surface area contributed by atoms with E-state index in [2.05, 4.69) is 23.8 Å². The molecule has 0 bridgehead atoms. The first-order chi connectivity index (χ1) is 9.40. The summed E-state index contributed by atoms with van der Waals surface area (Å²) in [5.41, 5.74) is 8.45. The Kier molecular flexibility index (Phi) is 4.70. The van der Waals surface area contributed by atoms with Crippen LogP contribution in [-0.4, -0.2) is 45.0 Å². The van der Waals surface area contributed by atoms with Crippen LogP contribution in [0.1, 0.15) is 38.1 Å². The van der Waals surface area contributed by atoms with E-state index in [9.17, 15) is 5.11 Å². The first kappa shape index (κ1) is 15.3. The molecule has 1 aliphatic rings. The first-order valence-corrected chi connectivity index (χ1v) is 7.61. The summed E-state index contributed by atoms with van der Waals surface area (Å²) in [6.07, 6.45) is 2.12. The monoisotopic (exact) mass is 280 g/mol. The van der Waals surface area contributed by atoms with Gasteiger partial charge in [-0.1, -0.05) is 6.92 Å². The van der Waals surface area contributed by atoms with Crippen molar-refractivity contribution in [2.75, 3.05) is 18.8 Å². The molecule has 0 radical (unpaired) electrons. The Morgan fingerprint density at radius 3 is 2.65 bits per heavy atom. The fourth-order valence-corrected chi connectivity index (χ4v) is 3.10. The van der Waals surface area contributed by atoms with Crippen LogP contribution in [0.4, 0.5) is 5.69 Å². The molecule has 5 heteroatoms. The van der Waals surface area contributed by atoms with Gasteiger partial charge in [0.05, 0.1) is 29.7 Å². The Labute approximate surface area is 121 Å². The fraction of sp³-hybridized carbons (Fsp3) is 0.800. The molecule has 3 unspecified atom stereocenters. The van der Waals surface area contributed by atoms with Gasteiger partial charge in [-0.25, -0.2) is 0 Å². The fourth-order valence-electron chi connectivity index (χ4n) is 3.10. The van der Waals surface area contributed by atoms with E-state index in [-0.39, 0.29) is 0 Å². The Morgan fingerprint density at radius 1 is 1.35 bits per heavy atom. The zero-order chi connectivity index (χ0) is 14.9. The largest absolute Gasteiger partial charge is 0.396 e. The van der Waals surface area contributed by atoms with Gasteiger partial charge in [0.15, 0.2) is 0 Å². The summed E-state index contributed by atoms with van der Waals surface area (Å²) >= 11 is 0. The van der Waals surface area contributed by atoms with Crippen molar-refractivity contribution in [2.45, 2.75) is 59.2 Å². The summed E-state index contributed by atoms with van der Waals surface area (Å²) in [7, 11) is 0. The van der Waals surface area contributed by atoms with E-state index in [1.807, 2.05) is 18.5 Å². The van der Waals surface area contributed by atoms with Gasteiger partial charge in [0.25, 0.3) is 0 Å². The highest BCUT2D eigenvalue weighted by Gasteiger charge is 2.26. The van der Waals surface area contributed by atoms with Crippen molar-refractivity contribution in [3.05, 3.63) is 11.4 Å². The van der Waals surface area contributed by atoms with Crippen molar-refractivity contribution < 1.29 is 5.11 Å². The van der Waals surface area contributed by atoms with Crippen LogP contribution in [0.25, 0.3) is 0 Å². The van der Waals surface area contributed by atoms with Crippen LogP contribution in [0.15, 0.2) is 0 Å². The molecule has 3 N–H and O–H groups in total. The van der Waals surface area contributed by atoms with Gasteiger partial charge in [0, 0.05) is 12.6 Å². The second-order valence-electron chi connectivity index (χ2n) is 6.28. The highest BCUT2D eigenvalue weighted by molar-refractivity contribution is 5.46. The minimum Gasteiger partial charge on any atom is -0.396 e. The number of nitrogen functional groups attached to an aromatic ring is 1. The van der Waals surface area contributed by atoms with E-state index in [1.165, 1.54) is 12.8 Å². The van der Waals surface area contributed by atoms with Gasteiger partial charge in [0.1, 0.15) is 0 Å². The maximum atomic E-state index is 10.3. The normalized spacial score (nSPS) is 25.9. The molecular formula is C15H28N4O. The summed E-state index contributed by atoms with van der Waals surface area (Å²) in [6, 6.07) is 0.545. The molecule has 1 aromatic heterocycles. The smallest absolute Gasteiger partial charge is 0.0862 e. The Morgan fingerprint density at radius 2 is 2.05 bits per heavy atom. The molecule has 1 saturated heterocycles.